The minimum absolute atomic E-state index is 0. The lowest BCUT2D eigenvalue weighted by Gasteiger charge is -2.25. The average molecular weight is 473 g/mol. The predicted molar refractivity (Wildman–Crippen MR) is 111 cm³/mol. The number of hydrogen-bond acceptors (Lipinski definition) is 5. The molecule has 1 aliphatic rings. The minimum atomic E-state index is 0. The van der Waals surface area contributed by atoms with Crippen molar-refractivity contribution < 1.29 is 0 Å². The Hall–Kier alpha value is -1.72. The molecule has 2 N–H and O–H groups in total. The van der Waals surface area contributed by atoms with Crippen molar-refractivity contribution in [1.29, 1.82) is 0 Å². The van der Waals surface area contributed by atoms with Crippen LogP contribution in [0.4, 0.5) is 0 Å². The van der Waals surface area contributed by atoms with Gasteiger partial charge in [-0.2, -0.15) is 5.10 Å². The van der Waals surface area contributed by atoms with Gasteiger partial charge in [0.15, 0.2) is 5.96 Å². The summed E-state index contributed by atoms with van der Waals surface area (Å²) in [7, 11) is 0. The summed E-state index contributed by atoms with van der Waals surface area (Å²) < 4.78 is 4.06. The highest BCUT2D eigenvalue weighted by molar-refractivity contribution is 14.0. The molecule has 1 atom stereocenters. The van der Waals surface area contributed by atoms with Crippen LogP contribution in [0.15, 0.2) is 11.3 Å². The highest BCUT2D eigenvalue weighted by Gasteiger charge is 2.21. The SMILES string of the molecule is CCNC(=NCCn1cnnc1CC)NC1CCc2nc(C)nn2C1.I. The van der Waals surface area contributed by atoms with Crippen LogP contribution in [0.25, 0.3) is 0 Å². The summed E-state index contributed by atoms with van der Waals surface area (Å²) >= 11 is 0. The number of nitrogens with zero attached hydrogens (tertiary/aromatic N) is 7. The van der Waals surface area contributed by atoms with E-state index >= 15 is 0 Å². The molecule has 9 nitrogen and oxygen atoms in total. The molecule has 1 unspecified atom stereocenters. The lowest BCUT2D eigenvalue weighted by Crippen LogP contribution is -2.47. The van der Waals surface area contributed by atoms with E-state index in [0.717, 1.165) is 62.3 Å². The van der Waals surface area contributed by atoms with Crippen molar-refractivity contribution >= 4 is 29.9 Å². The fraction of sp³-hybridized carbons (Fsp3) is 0.688. The van der Waals surface area contributed by atoms with Crippen LogP contribution in [0.2, 0.25) is 0 Å². The Kier molecular flexibility index (Phi) is 7.79. The van der Waals surface area contributed by atoms with Crippen LogP contribution in [0.1, 0.15) is 37.7 Å². The molecular weight excluding hydrogens is 445 g/mol. The molecule has 0 radical (unpaired) electrons. The van der Waals surface area contributed by atoms with Gasteiger partial charge in [-0.3, -0.25) is 4.99 Å². The number of rotatable bonds is 6. The molecule has 144 valence electrons. The summed E-state index contributed by atoms with van der Waals surface area (Å²) in [4.78, 5) is 9.15. The molecule has 0 spiro atoms. The molecule has 2 aromatic rings. The molecule has 0 bridgehead atoms. The van der Waals surface area contributed by atoms with E-state index in [-0.39, 0.29) is 24.0 Å². The maximum atomic E-state index is 4.69. The van der Waals surface area contributed by atoms with E-state index in [0.29, 0.717) is 12.6 Å². The smallest absolute Gasteiger partial charge is 0.191 e. The number of nitrogens with one attached hydrogen (secondary N) is 2. The Labute approximate surface area is 171 Å². The third-order valence-corrected chi connectivity index (χ3v) is 4.27. The number of aryl methyl sites for hydroxylation is 3. The first-order valence-corrected chi connectivity index (χ1v) is 9.01. The Morgan fingerprint density at radius 3 is 3.00 bits per heavy atom. The van der Waals surface area contributed by atoms with Crippen LogP contribution in [-0.4, -0.2) is 54.6 Å². The summed E-state index contributed by atoms with van der Waals surface area (Å²) in [6.45, 7) is 9.22. The molecule has 0 aliphatic carbocycles. The molecule has 10 heteroatoms. The van der Waals surface area contributed by atoms with Crippen LogP contribution in [0, 0.1) is 6.92 Å². The second-order valence-electron chi connectivity index (χ2n) is 6.19. The molecule has 1 aliphatic heterocycles. The van der Waals surface area contributed by atoms with Crippen molar-refractivity contribution in [2.45, 2.75) is 59.2 Å². The quantitative estimate of drug-likeness (QED) is 0.368. The summed E-state index contributed by atoms with van der Waals surface area (Å²) in [5, 5.41) is 19.4. The fourth-order valence-electron chi connectivity index (χ4n) is 3.07. The summed E-state index contributed by atoms with van der Waals surface area (Å²) in [6.07, 6.45) is 4.63. The van der Waals surface area contributed by atoms with Gasteiger partial charge in [0, 0.05) is 32.0 Å². The number of aromatic nitrogens is 6. The van der Waals surface area contributed by atoms with Gasteiger partial charge in [-0.25, -0.2) is 9.67 Å². The molecule has 0 fully saturated rings. The van der Waals surface area contributed by atoms with E-state index in [2.05, 4.69) is 49.3 Å². The molecule has 3 heterocycles. The molecule has 2 aromatic heterocycles. The third kappa shape index (κ3) is 5.15. The second kappa shape index (κ2) is 9.83. The predicted octanol–water partition coefficient (Wildman–Crippen LogP) is 0.929. The highest BCUT2D eigenvalue weighted by Crippen LogP contribution is 2.12. The zero-order valence-electron chi connectivity index (χ0n) is 15.6. The number of halogens is 1. The second-order valence-corrected chi connectivity index (χ2v) is 6.19. The van der Waals surface area contributed by atoms with Crippen molar-refractivity contribution in [3.63, 3.8) is 0 Å². The maximum Gasteiger partial charge on any atom is 0.191 e. The monoisotopic (exact) mass is 473 g/mol. The molecule has 0 saturated heterocycles. The van der Waals surface area contributed by atoms with E-state index in [1.165, 1.54) is 0 Å². The van der Waals surface area contributed by atoms with E-state index in [1.807, 2.05) is 11.6 Å². The van der Waals surface area contributed by atoms with Gasteiger partial charge in [0.25, 0.3) is 0 Å². The van der Waals surface area contributed by atoms with Gasteiger partial charge >= 0.3 is 0 Å². The van der Waals surface area contributed by atoms with Gasteiger partial charge < -0.3 is 15.2 Å². The van der Waals surface area contributed by atoms with Crippen LogP contribution in [0.5, 0.6) is 0 Å². The van der Waals surface area contributed by atoms with Gasteiger partial charge in [-0.05, 0) is 20.3 Å². The number of fused-ring (bicyclic) bond motifs is 1. The molecule has 26 heavy (non-hydrogen) atoms. The van der Waals surface area contributed by atoms with E-state index in [9.17, 15) is 0 Å². The van der Waals surface area contributed by atoms with Crippen molar-refractivity contribution in [2.24, 2.45) is 4.99 Å². The first-order valence-electron chi connectivity index (χ1n) is 9.01. The largest absolute Gasteiger partial charge is 0.357 e. The lowest BCUT2D eigenvalue weighted by atomic mass is 10.1. The lowest BCUT2D eigenvalue weighted by molar-refractivity contribution is 0.392. The Balaban J connectivity index is 0.00000243. The molecule has 0 amide bonds. The Morgan fingerprint density at radius 1 is 1.38 bits per heavy atom. The van der Waals surface area contributed by atoms with Crippen LogP contribution >= 0.6 is 24.0 Å². The third-order valence-electron chi connectivity index (χ3n) is 4.27. The molecule has 0 saturated carbocycles. The van der Waals surface area contributed by atoms with Crippen molar-refractivity contribution in [3.8, 4) is 0 Å². The van der Waals surface area contributed by atoms with Gasteiger partial charge in [-0.15, -0.1) is 34.2 Å². The summed E-state index contributed by atoms with van der Waals surface area (Å²) in [5.41, 5.74) is 0. The Bertz CT molecular complexity index is 721. The van der Waals surface area contributed by atoms with E-state index in [4.69, 9.17) is 4.99 Å². The number of hydrogen-bond donors (Lipinski definition) is 2. The topological polar surface area (TPSA) is 97.8 Å². The van der Waals surface area contributed by atoms with Crippen LogP contribution < -0.4 is 10.6 Å². The molecular formula is C16H28IN9. The standard InChI is InChI=1S/C16H27N9.HI/c1-4-14-22-19-11-24(14)9-8-18-16(17-5-2)21-13-6-7-15-20-12(3)23-25(15)10-13;/h11,13H,4-10H2,1-3H3,(H2,17,18,21);1H. The average Bonchev–Trinajstić information content (AvgIpc) is 3.19. The minimum Gasteiger partial charge on any atom is -0.357 e. The van der Waals surface area contributed by atoms with Crippen LogP contribution in [0.3, 0.4) is 0 Å². The van der Waals surface area contributed by atoms with Crippen molar-refractivity contribution in [1.82, 2.24) is 40.2 Å². The summed E-state index contributed by atoms with van der Waals surface area (Å²) in [5.74, 6) is 3.77. The van der Waals surface area contributed by atoms with Gasteiger partial charge in [0.05, 0.1) is 13.1 Å². The number of aliphatic imine (C=N–C) groups is 1. The number of guanidine groups is 1. The first kappa shape index (κ1) is 20.6. The van der Waals surface area contributed by atoms with E-state index in [1.54, 1.807) is 6.33 Å². The van der Waals surface area contributed by atoms with Crippen molar-refractivity contribution in [2.75, 3.05) is 13.1 Å². The van der Waals surface area contributed by atoms with E-state index < -0.39 is 0 Å². The van der Waals surface area contributed by atoms with Gasteiger partial charge in [-0.1, -0.05) is 6.92 Å². The molecule has 0 aromatic carbocycles. The first-order chi connectivity index (χ1) is 12.2. The maximum absolute atomic E-state index is 4.69. The summed E-state index contributed by atoms with van der Waals surface area (Å²) in [6, 6.07) is 0.313. The van der Waals surface area contributed by atoms with Crippen molar-refractivity contribution in [3.05, 3.63) is 23.8 Å². The zero-order chi connectivity index (χ0) is 17.6. The highest BCUT2D eigenvalue weighted by atomic mass is 127. The molecule has 3 rings (SSSR count). The van der Waals surface area contributed by atoms with Gasteiger partial charge in [0.2, 0.25) is 0 Å². The van der Waals surface area contributed by atoms with Crippen LogP contribution in [-0.2, 0) is 25.9 Å². The fourth-order valence-corrected chi connectivity index (χ4v) is 3.07. The zero-order valence-corrected chi connectivity index (χ0v) is 18.0. The Morgan fingerprint density at radius 2 is 2.23 bits per heavy atom. The normalized spacial score (nSPS) is 16.7. The van der Waals surface area contributed by atoms with Gasteiger partial charge in [0.1, 0.15) is 23.8 Å².